The molecule has 0 atom stereocenters. The number of nitrogens with zero attached hydrogens (tertiary/aromatic N) is 1. The summed E-state index contributed by atoms with van der Waals surface area (Å²) in [4.78, 5) is 2.46. The molecule has 0 bridgehead atoms. The fourth-order valence-electron chi connectivity index (χ4n) is 3.27. The Bertz CT molecular complexity index is 671. The predicted octanol–water partition coefficient (Wildman–Crippen LogP) is 5.85. The normalized spacial score (nSPS) is 17.0. The number of hydrogen-bond donors (Lipinski definition) is 1. The molecule has 1 aromatic rings. The first-order valence-corrected chi connectivity index (χ1v) is 12.8. The van der Waals surface area contributed by atoms with E-state index in [0.29, 0.717) is 0 Å². The van der Waals surface area contributed by atoms with Crippen LogP contribution in [0.25, 0.3) is 5.57 Å². The van der Waals surface area contributed by atoms with Crippen molar-refractivity contribution in [1.82, 2.24) is 0 Å². The number of benzene rings is 1. The van der Waals surface area contributed by atoms with Crippen molar-refractivity contribution in [2.24, 2.45) is 0 Å². The van der Waals surface area contributed by atoms with Crippen molar-refractivity contribution in [2.45, 2.75) is 78.1 Å². The molecule has 0 aromatic heterocycles. The largest absolute Gasteiger partial charge is 0.543 e. The molecule has 0 unspecified atom stereocenters. The summed E-state index contributed by atoms with van der Waals surface area (Å²) in [7, 11) is -1.88. The first-order chi connectivity index (χ1) is 11.9. The van der Waals surface area contributed by atoms with Crippen LogP contribution in [0.4, 0.5) is 5.69 Å². The maximum Gasteiger partial charge on any atom is 0.250 e. The number of aliphatic hydroxyl groups excluding tert-OH is 1. The van der Waals surface area contributed by atoms with E-state index >= 15 is 0 Å². The van der Waals surface area contributed by atoms with Gasteiger partial charge in [0.1, 0.15) is 5.75 Å². The topological polar surface area (TPSA) is 32.7 Å². The van der Waals surface area contributed by atoms with Gasteiger partial charge in [-0.05, 0) is 56.1 Å². The molecule has 1 aromatic carbocycles. The molecular formula is C22H37NO2Si. The van der Waals surface area contributed by atoms with Gasteiger partial charge in [-0.3, -0.25) is 0 Å². The monoisotopic (exact) mass is 375 g/mol. The van der Waals surface area contributed by atoms with E-state index in [9.17, 15) is 5.11 Å². The van der Waals surface area contributed by atoms with E-state index in [1.54, 1.807) is 0 Å². The molecule has 0 aliphatic carbocycles. The van der Waals surface area contributed by atoms with Gasteiger partial charge in [0.15, 0.2) is 0 Å². The van der Waals surface area contributed by atoms with Crippen LogP contribution in [0.5, 0.6) is 5.75 Å². The Balaban J connectivity index is 2.48. The van der Waals surface area contributed by atoms with E-state index in [-0.39, 0.29) is 17.2 Å². The second-order valence-corrected chi connectivity index (χ2v) is 14.3. The number of fused-ring (bicyclic) bond motifs is 1. The van der Waals surface area contributed by atoms with Crippen LogP contribution in [-0.4, -0.2) is 32.1 Å². The highest BCUT2D eigenvalue weighted by molar-refractivity contribution is 6.74. The molecule has 0 amide bonds. The predicted molar refractivity (Wildman–Crippen MR) is 116 cm³/mol. The molecule has 2 rings (SSSR count). The molecule has 1 heterocycles. The first kappa shape index (κ1) is 21.0. The van der Waals surface area contributed by atoms with Gasteiger partial charge in [-0.1, -0.05) is 40.2 Å². The van der Waals surface area contributed by atoms with E-state index in [1.807, 2.05) is 0 Å². The summed E-state index contributed by atoms with van der Waals surface area (Å²) in [6.45, 7) is 19.1. The van der Waals surface area contributed by atoms with E-state index in [0.717, 1.165) is 29.9 Å². The van der Waals surface area contributed by atoms with Gasteiger partial charge in [0.05, 0.1) is 12.1 Å². The smallest absolute Gasteiger partial charge is 0.250 e. The zero-order valence-electron chi connectivity index (χ0n) is 17.9. The van der Waals surface area contributed by atoms with Gasteiger partial charge in [-0.2, -0.15) is 0 Å². The van der Waals surface area contributed by atoms with Gasteiger partial charge in [-0.15, -0.1) is 0 Å². The number of rotatable bonds is 6. The van der Waals surface area contributed by atoms with E-state index in [2.05, 4.69) is 83.8 Å². The molecule has 0 radical (unpaired) electrons. The number of unbranched alkanes of at least 4 members (excludes halogenated alkanes) is 1. The van der Waals surface area contributed by atoms with Crippen molar-refractivity contribution in [3.63, 3.8) is 0 Å². The summed E-state index contributed by atoms with van der Waals surface area (Å²) < 4.78 is 6.55. The van der Waals surface area contributed by atoms with Crippen molar-refractivity contribution in [1.29, 1.82) is 0 Å². The van der Waals surface area contributed by atoms with E-state index in [4.69, 9.17) is 4.43 Å². The van der Waals surface area contributed by atoms with Crippen molar-refractivity contribution < 1.29 is 9.53 Å². The fraction of sp³-hybridized carbons (Fsp3) is 0.636. The van der Waals surface area contributed by atoms with Gasteiger partial charge < -0.3 is 14.4 Å². The van der Waals surface area contributed by atoms with Crippen LogP contribution in [0, 0.1) is 0 Å². The van der Waals surface area contributed by atoms with Crippen LogP contribution in [0.3, 0.4) is 0 Å². The third-order valence-corrected chi connectivity index (χ3v) is 10.3. The Morgan fingerprint density at radius 1 is 1.19 bits per heavy atom. The average Bonchev–Trinajstić information content (AvgIpc) is 2.51. The van der Waals surface area contributed by atoms with E-state index in [1.165, 1.54) is 12.1 Å². The Kier molecular flexibility index (Phi) is 5.98. The molecule has 0 fully saturated rings. The van der Waals surface area contributed by atoms with Gasteiger partial charge in [0, 0.05) is 23.9 Å². The van der Waals surface area contributed by atoms with Crippen molar-refractivity contribution in [2.75, 3.05) is 18.1 Å². The zero-order valence-corrected chi connectivity index (χ0v) is 18.9. The van der Waals surface area contributed by atoms with Crippen LogP contribution in [0.2, 0.25) is 18.1 Å². The lowest BCUT2D eigenvalue weighted by Gasteiger charge is -2.44. The van der Waals surface area contributed by atoms with Gasteiger partial charge >= 0.3 is 0 Å². The summed E-state index contributed by atoms with van der Waals surface area (Å²) in [5.41, 5.74) is 3.21. The molecule has 146 valence electrons. The highest BCUT2D eigenvalue weighted by Gasteiger charge is 2.39. The highest BCUT2D eigenvalue weighted by atomic mass is 28.4. The van der Waals surface area contributed by atoms with Gasteiger partial charge in [0.2, 0.25) is 8.32 Å². The minimum absolute atomic E-state index is 0.0699. The molecule has 0 spiro atoms. The molecule has 4 heteroatoms. The fourth-order valence-corrected chi connectivity index (χ4v) is 4.29. The van der Waals surface area contributed by atoms with Crippen molar-refractivity contribution in [3.05, 3.63) is 29.8 Å². The Hall–Kier alpha value is -1.26. The molecule has 1 aliphatic heterocycles. The van der Waals surface area contributed by atoms with E-state index < -0.39 is 8.32 Å². The molecule has 0 saturated carbocycles. The lowest BCUT2D eigenvalue weighted by molar-refractivity contribution is 0.348. The molecule has 3 nitrogen and oxygen atoms in total. The number of aliphatic hydroxyl groups is 1. The number of hydrogen-bond acceptors (Lipinski definition) is 3. The summed E-state index contributed by atoms with van der Waals surface area (Å²) in [6.07, 6.45) is 4.52. The number of anilines is 1. The SMILES string of the molecule is CCCCN1c2cc(O[Si](C)(C)C(C)(C)C)ccc2C(CO)=CC1(C)C. The van der Waals surface area contributed by atoms with Crippen molar-refractivity contribution >= 4 is 19.6 Å². The Morgan fingerprint density at radius 3 is 2.38 bits per heavy atom. The minimum atomic E-state index is -1.88. The lowest BCUT2D eigenvalue weighted by Crippen LogP contribution is -2.46. The van der Waals surface area contributed by atoms with Gasteiger partial charge in [-0.25, -0.2) is 0 Å². The van der Waals surface area contributed by atoms with Crippen LogP contribution >= 0.6 is 0 Å². The summed E-state index contributed by atoms with van der Waals surface area (Å²) in [5, 5.41) is 10.1. The molecule has 1 aliphatic rings. The second-order valence-electron chi connectivity index (χ2n) is 9.53. The van der Waals surface area contributed by atoms with Crippen LogP contribution < -0.4 is 9.33 Å². The lowest BCUT2D eigenvalue weighted by atomic mass is 9.88. The zero-order chi connectivity index (χ0) is 19.8. The Morgan fingerprint density at radius 2 is 1.85 bits per heavy atom. The quantitative estimate of drug-likeness (QED) is 0.634. The van der Waals surface area contributed by atoms with Crippen molar-refractivity contribution in [3.8, 4) is 5.75 Å². The maximum atomic E-state index is 9.88. The molecule has 0 saturated heterocycles. The van der Waals surface area contributed by atoms with Gasteiger partial charge in [0.25, 0.3) is 0 Å². The van der Waals surface area contributed by atoms with Crippen LogP contribution in [-0.2, 0) is 0 Å². The third-order valence-electron chi connectivity index (χ3n) is 5.91. The maximum absolute atomic E-state index is 9.88. The summed E-state index contributed by atoms with van der Waals surface area (Å²) in [5.74, 6) is 0.951. The molecular weight excluding hydrogens is 338 g/mol. The summed E-state index contributed by atoms with van der Waals surface area (Å²) in [6, 6.07) is 6.38. The first-order valence-electron chi connectivity index (χ1n) is 9.86. The highest BCUT2D eigenvalue weighted by Crippen LogP contribution is 2.43. The average molecular weight is 376 g/mol. The van der Waals surface area contributed by atoms with Crippen LogP contribution in [0.15, 0.2) is 24.3 Å². The second kappa shape index (κ2) is 7.39. The molecule has 26 heavy (non-hydrogen) atoms. The Labute approximate surface area is 161 Å². The minimum Gasteiger partial charge on any atom is -0.543 e. The summed E-state index contributed by atoms with van der Waals surface area (Å²) >= 11 is 0. The standard InChI is InChI=1S/C22H37NO2Si/c1-9-10-13-23-20-14-18(25-26(7,8)21(2,3)4)11-12-19(20)17(16-24)15-22(23,5)6/h11-12,14-15,24H,9-10,13,16H2,1-8H3. The third kappa shape index (κ3) is 4.17. The molecule has 1 N–H and O–H groups in total. The van der Waals surface area contributed by atoms with Crippen LogP contribution in [0.1, 0.15) is 59.9 Å².